The number of aryl methyl sites for hydroxylation is 1. The Morgan fingerprint density at radius 2 is 1.64 bits per heavy atom. The zero-order valence-electron chi connectivity index (χ0n) is 46.3. The van der Waals surface area contributed by atoms with Crippen LogP contribution in [0.15, 0.2) is 66.3 Å². The number of benzene rings is 2. The Morgan fingerprint density at radius 3 is 2.38 bits per heavy atom. The minimum Gasteiger partial charge on any atom is -0.382 e. The number of hydrogen-bond donors (Lipinski definition) is 3. The lowest BCUT2D eigenvalue weighted by Gasteiger charge is -2.38. The van der Waals surface area contributed by atoms with Crippen LogP contribution in [0.1, 0.15) is 104 Å². The normalized spacial score (nSPS) is 19.9. The number of fused-ring (bicyclic) bond motifs is 8. The largest absolute Gasteiger partial charge is 0.382 e. The topological polar surface area (TPSA) is 214 Å². The van der Waals surface area contributed by atoms with E-state index in [0.717, 1.165) is 35.4 Å². The molecule has 4 aromatic rings. The molecule has 2 aromatic carbocycles. The van der Waals surface area contributed by atoms with Gasteiger partial charge in [-0.1, -0.05) is 25.3 Å². The van der Waals surface area contributed by atoms with Gasteiger partial charge in [-0.15, -0.1) is 11.8 Å². The average molecular weight is 1130 g/mol. The van der Waals surface area contributed by atoms with E-state index in [-0.39, 0.29) is 123 Å². The highest BCUT2D eigenvalue weighted by Crippen LogP contribution is 2.44. The number of rotatable bonds is 21. The van der Waals surface area contributed by atoms with Crippen molar-refractivity contribution in [1.29, 1.82) is 0 Å². The van der Waals surface area contributed by atoms with Crippen LogP contribution < -0.4 is 21.3 Å². The number of nitrogen functional groups attached to an aromatic ring is 1. The molecule has 81 heavy (non-hydrogen) atoms. The number of piperidine rings is 1. The molecular weight excluding hydrogens is 1060 g/mol. The zero-order chi connectivity index (χ0) is 57.3. The maximum absolute atomic E-state index is 14.8. The van der Waals surface area contributed by atoms with Gasteiger partial charge in [-0.25, -0.2) is 13.8 Å². The van der Waals surface area contributed by atoms with Crippen LogP contribution in [-0.2, 0) is 41.7 Å². The van der Waals surface area contributed by atoms with Gasteiger partial charge < -0.3 is 50.3 Å². The monoisotopic (exact) mass is 1130 g/mol. The summed E-state index contributed by atoms with van der Waals surface area (Å²) in [4.78, 5) is 89.0. The molecule has 3 saturated heterocycles. The molecular formula is C59H72F2N12O7S. The fourth-order valence-electron chi connectivity index (χ4n) is 11.6. The molecule has 430 valence electrons. The van der Waals surface area contributed by atoms with Gasteiger partial charge >= 0.3 is 5.82 Å². The van der Waals surface area contributed by atoms with Crippen molar-refractivity contribution in [3.8, 4) is 11.1 Å². The Balaban J connectivity index is 0.711. The number of aliphatic imine (C=N–C) groups is 1. The van der Waals surface area contributed by atoms with Crippen molar-refractivity contribution in [3.05, 3.63) is 107 Å². The number of aromatic nitrogens is 3. The van der Waals surface area contributed by atoms with Crippen molar-refractivity contribution in [1.82, 2.24) is 40.1 Å². The maximum Gasteiger partial charge on any atom is 0.303 e. The molecule has 0 aliphatic carbocycles. The number of pyridine rings is 1. The van der Waals surface area contributed by atoms with Crippen LogP contribution in [0.25, 0.3) is 21.5 Å². The second kappa shape index (κ2) is 26.7. The van der Waals surface area contributed by atoms with E-state index in [2.05, 4.69) is 37.0 Å². The highest BCUT2D eigenvalue weighted by molar-refractivity contribution is 8.14. The lowest BCUT2D eigenvalue weighted by atomic mass is 9.88. The maximum atomic E-state index is 14.8. The molecule has 5 aliphatic rings. The first-order valence-electron chi connectivity index (χ1n) is 28.1. The van der Waals surface area contributed by atoms with Gasteiger partial charge in [0.25, 0.3) is 5.91 Å². The SMILES string of the molecule is [C-]#[N+]c1nn(CCCC(=O)CCOCCOCCC(=O)N2CCC([C@@H](NC(=O)[C@@H](C)NC)C(=O)N3CCC[C@@H]3C3=NC(C(=C)c4ccc(F)cc4)CS3)CC2)c2c1-c1cnc(N)c(c1)N1CCC[C@@H]1c1cc(F)ccc1C(=O)N(C)C2. The van der Waals surface area contributed by atoms with Gasteiger partial charge in [-0.05, 0) is 129 Å². The number of ether oxygens (including phenoxy) is 2. The molecule has 3 fully saturated rings. The van der Waals surface area contributed by atoms with Gasteiger partial charge in [0, 0.05) is 69.1 Å². The van der Waals surface area contributed by atoms with E-state index in [0.29, 0.717) is 97.8 Å². The number of carbonyl (C=O) groups is 5. The smallest absolute Gasteiger partial charge is 0.303 e. The summed E-state index contributed by atoms with van der Waals surface area (Å²) in [6.07, 6.45) is 6.73. The van der Waals surface area contributed by atoms with E-state index in [1.165, 1.54) is 30.3 Å². The number of halogens is 2. The van der Waals surface area contributed by atoms with Crippen molar-refractivity contribution >= 4 is 69.1 Å². The third-order valence-electron chi connectivity index (χ3n) is 16.3. The molecule has 4 N–H and O–H groups in total. The molecule has 1 unspecified atom stereocenters. The Morgan fingerprint density at radius 1 is 0.926 bits per heavy atom. The Kier molecular flexibility index (Phi) is 19.3. The number of anilines is 2. The number of nitrogens with two attached hydrogens (primary N) is 1. The molecule has 22 heteroatoms. The van der Waals surface area contributed by atoms with E-state index in [1.54, 1.807) is 65.6 Å². The zero-order valence-corrected chi connectivity index (χ0v) is 47.2. The number of ketones is 1. The van der Waals surface area contributed by atoms with E-state index < -0.39 is 17.9 Å². The lowest BCUT2D eigenvalue weighted by Crippen LogP contribution is -2.58. The fourth-order valence-corrected chi connectivity index (χ4v) is 12.9. The van der Waals surface area contributed by atoms with Crippen LogP contribution in [0, 0.1) is 24.1 Å². The quantitative estimate of drug-likeness (QED) is 0.0567. The first-order valence-corrected chi connectivity index (χ1v) is 29.0. The molecule has 2 bridgehead atoms. The van der Waals surface area contributed by atoms with Crippen molar-refractivity contribution in [2.24, 2.45) is 10.9 Å². The third-order valence-corrected chi connectivity index (χ3v) is 17.4. The van der Waals surface area contributed by atoms with Gasteiger partial charge in [0.1, 0.15) is 29.3 Å². The molecule has 19 nitrogen and oxygen atoms in total. The molecule has 9 rings (SSSR count). The van der Waals surface area contributed by atoms with Crippen molar-refractivity contribution in [2.75, 3.05) is 83.1 Å². The Labute approximate surface area is 475 Å². The minimum atomic E-state index is -0.771. The fraction of sp³-hybridized carbons (Fsp3) is 0.508. The first-order chi connectivity index (χ1) is 39.1. The van der Waals surface area contributed by atoms with E-state index in [1.807, 2.05) is 11.0 Å². The number of likely N-dealkylation sites (N-methyl/N-ethyl adjacent to an activating group) is 1. The van der Waals surface area contributed by atoms with E-state index in [9.17, 15) is 32.8 Å². The molecule has 5 atom stereocenters. The molecule has 5 aliphatic heterocycles. The molecule has 0 saturated carbocycles. The Hall–Kier alpha value is -7.06. The standard InChI is InChI=1S/C59H72F2N12O7S/c1-36(38-12-14-41(60)15-13-38)46-35-81-57(66-46)48-11-8-23-72(48)59(78)53(67-56(76)37(2)63-3)39-18-25-70(26-19-39)51(75)21-28-80-30-29-79-27-20-43(74)9-6-24-73-50-34-69(5)58(77)44-17-16-42(61)32-45(44)47-10-7-22-71(47)49-31-40(33-65-54(49)62)52(50)55(64-4)68-73/h12-17,31-33,37,39,46-48,53,63H,1,6-11,18-30,34-35H2,2-3,5H3,(H2,62,65)(H,67,76)/t37-,46?,47-,48-,53-/m1/s1. The predicted octanol–water partition coefficient (Wildman–Crippen LogP) is 7.00. The van der Waals surface area contributed by atoms with Crippen LogP contribution in [0.2, 0.25) is 0 Å². The highest BCUT2D eigenvalue weighted by atomic mass is 32.2. The number of nitrogens with one attached hydrogen (secondary N) is 2. The van der Waals surface area contributed by atoms with Gasteiger partial charge in [-0.2, -0.15) is 4.68 Å². The van der Waals surface area contributed by atoms with E-state index in [4.69, 9.17) is 26.8 Å². The van der Waals surface area contributed by atoms with Crippen molar-refractivity contribution in [2.45, 2.75) is 114 Å². The number of likely N-dealkylation sites (tertiary alicyclic amines) is 2. The van der Waals surface area contributed by atoms with Gasteiger partial charge in [-0.3, -0.25) is 29.0 Å². The molecule has 7 heterocycles. The van der Waals surface area contributed by atoms with Crippen molar-refractivity contribution < 1.29 is 42.2 Å². The van der Waals surface area contributed by atoms with Crippen molar-refractivity contribution in [3.63, 3.8) is 0 Å². The van der Waals surface area contributed by atoms with Crippen LogP contribution in [0.4, 0.5) is 26.1 Å². The molecule has 0 spiro atoms. The highest BCUT2D eigenvalue weighted by Gasteiger charge is 2.43. The molecule has 0 radical (unpaired) electrons. The number of carbonyl (C=O) groups excluding carboxylic acids is 5. The second-order valence-corrected chi connectivity index (χ2v) is 22.5. The van der Waals surface area contributed by atoms with Crippen LogP contribution in [0.5, 0.6) is 0 Å². The van der Waals surface area contributed by atoms with Gasteiger partial charge in [0.2, 0.25) is 17.7 Å². The number of amides is 4. The first kappa shape index (κ1) is 58.6. The molecule has 2 aromatic heterocycles. The minimum absolute atomic E-state index is 0.0136. The predicted molar refractivity (Wildman–Crippen MR) is 306 cm³/mol. The summed E-state index contributed by atoms with van der Waals surface area (Å²) in [5.74, 6) is -0.632. The summed E-state index contributed by atoms with van der Waals surface area (Å²) < 4.78 is 41.6. The number of nitrogens with zero attached hydrogens (tertiary/aromatic N) is 9. The summed E-state index contributed by atoms with van der Waals surface area (Å²) in [5.41, 5.74) is 11.4. The average Bonchev–Trinajstić information content (AvgIpc) is 4.36. The Bertz CT molecular complexity index is 3070. The summed E-state index contributed by atoms with van der Waals surface area (Å²) in [6.45, 7) is 17.4. The second-order valence-electron chi connectivity index (χ2n) is 21.5. The lowest BCUT2D eigenvalue weighted by molar-refractivity contribution is -0.140. The van der Waals surface area contributed by atoms with Gasteiger partial charge in [0.15, 0.2) is 0 Å². The summed E-state index contributed by atoms with van der Waals surface area (Å²) in [5, 5.41) is 11.6. The van der Waals surface area contributed by atoms with Crippen LogP contribution in [-0.4, -0.2) is 161 Å². The van der Waals surface area contributed by atoms with Gasteiger partial charge in [0.05, 0.1) is 86.5 Å². The van der Waals surface area contributed by atoms with Crippen LogP contribution >= 0.6 is 11.8 Å². The van der Waals surface area contributed by atoms with Crippen LogP contribution in [0.3, 0.4) is 0 Å². The van der Waals surface area contributed by atoms with E-state index >= 15 is 0 Å². The number of hydrogen-bond acceptors (Lipinski definition) is 14. The summed E-state index contributed by atoms with van der Waals surface area (Å²) in [6, 6.07) is 10.4. The summed E-state index contributed by atoms with van der Waals surface area (Å²) >= 11 is 1.61. The third kappa shape index (κ3) is 13.5. The number of Topliss-reactive ketones (excluding diaryl/α,β-unsaturated/α-hetero) is 1. The molecule has 4 amide bonds. The number of thioether (sulfide) groups is 1. The summed E-state index contributed by atoms with van der Waals surface area (Å²) in [7, 11) is 3.36.